The molecule has 1 atom stereocenters. The zero-order chi connectivity index (χ0) is 16.1. The predicted molar refractivity (Wildman–Crippen MR) is 101 cm³/mol. The number of hydrogen-bond acceptors (Lipinski definition) is 2. The summed E-state index contributed by atoms with van der Waals surface area (Å²) in [7, 11) is -3.64. The Morgan fingerprint density at radius 3 is 1.65 bits per heavy atom. The highest BCUT2D eigenvalue weighted by atomic mass is 79.9. The summed E-state index contributed by atoms with van der Waals surface area (Å²) < 4.78 is 20.5. The van der Waals surface area contributed by atoms with Gasteiger partial charge in [0.25, 0.3) is 0 Å². The van der Waals surface area contributed by atoms with Crippen molar-refractivity contribution in [2.24, 2.45) is 0 Å². The summed E-state index contributed by atoms with van der Waals surface area (Å²) in [4.78, 5) is 9.72. The first-order chi connectivity index (χ1) is 9.21. The van der Waals surface area contributed by atoms with E-state index in [9.17, 15) is 9.46 Å². The quantitative estimate of drug-likeness (QED) is 0.218. The highest BCUT2D eigenvalue weighted by molar-refractivity contribution is 9.15. The van der Waals surface area contributed by atoms with Crippen LogP contribution in [-0.2, 0) is 15.3 Å². The second-order valence-corrected chi connectivity index (χ2v) is 9.08. The van der Waals surface area contributed by atoms with E-state index in [0.717, 1.165) is 13.4 Å². The first kappa shape index (κ1) is 21.8. The van der Waals surface area contributed by atoms with Crippen molar-refractivity contribution in [3.05, 3.63) is 27.9 Å². The molecular weight excluding hydrogens is 611 g/mol. The topological polar surface area (TPSA) is 46.5 Å². The highest BCUT2D eigenvalue weighted by Crippen LogP contribution is 2.52. The minimum Gasteiger partial charge on any atom is -0.324 e. The van der Waals surface area contributed by atoms with Crippen molar-refractivity contribution in [3.63, 3.8) is 0 Å². The first-order valence-electron chi connectivity index (χ1n) is 5.68. The number of rotatable bonds is 4. The van der Waals surface area contributed by atoms with Crippen LogP contribution in [0.15, 0.2) is 22.4 Å². The molecule has 0 heterocycles. The molecule has 0 aliphatic rings. The minimum absolute atomic E-state index is 0.0769. The van der Waals surface area contributed by atoms with E-state index in [1.54, 1.807) is 6.92 Å². The molecule has 0 aromatic heterocycles. The number of benzene rings is 1. The molecule has 0 bridgehead atoms. The Kier molecular flexibility index (Phi) is 10.7. The largest absolute Gasteiger partial charge is 0.332 e. The van der Waals surface area contributed by atoms with Crippen LogP contribution in [0.5, 0.6) is 0 Å². The summed E-state index contributed by atoms with van der Waals surface area (Å²) in [6.45, 7) is 5.88. The number of hydrogen-bond donors (Lipinski definition) is 1. The van der Waals surface area contributed by atoms with Crippen LogP contribution in [0.4, 0.5) is 0 Å². The third-order valence-corrected chi connectivity index (χ3v) is 9.62. The zero-order valence-corrected chi connectivity index (χ0v) is 19.8. The van der Waals surface area contributed by atoms with Gasteiger partial charge < -0.3 is 9.42 Å². The SMILES string of the molecule is CC.CCOP(=O)(O)Cc1c(Br)c(Br)c(Br)c(Br)c1Br. The van der Waals surface area contributed by atoms with E-state index < -0.39 is 7.60 Å². The maximum atomic E-state index is 11.8. The van der Waals surface area contributed by atoms with Gasteiger partial charge in [-0.2, -0.15) is 0 Å². The third-order valence-electron chi connectivity index (χ3n) is 1.99. The Hall–Kier alpha value is 1.77. The Balaban J connectivity index is 0.00000172. The van der Waals surface area contributed by atoms with Gasteiger partial charge in [0.1, 0.15) is 0 Å². The van der Waals surface area contributed by atoms with Crippen molar-refractivity contribution >= 4 is 87.2 Å². The van der Waals surface area contributed by atoms with E-state index in [-0.39, 0.29) is 12.8 Å². The van der Waals surface area contributed by atoms with Crippen molar-refractivity contribution in [1.82, 2.24) is 0 Å². The molecule has 1 aromatic carbocycles. The predicted octanol–water partition coefficient (Wildman–Crippen LogP) is 7.25. The smallest absolute Gasteiger partial charge is 0.324 e. The van der Waals surface area contributed by atoms with Gasteiger partial charge in [-0.05, 0) is 92.1 Å². The van der Waals surface area contributed by atoms with Crippen molar-refractivity contribution in [3.8, 4) is 0 Å². The molecule has 1 N–H and O–H groups in total. The van der Waals surface area contributed by atoms with Crippen LogP contribution in [-0.4, -0.2) is 11.5 Å². The average Bonchev–Trinajstić information content (AvgIpc) is 2.41. The van der Waals surface area contributed by atoms with E-state index >= 15 is 0 Å². The Morgan fingerprint density at radius 1 is 0.950 bits per heavy atom. The second-order valence-electron chi connectivity index (χ2n) is 3.26. The van der Waals surface area contributed by atoms with E-state index in [0.29, 0.717) is 14.5 Å². The monoisotopic (exact) mass is 620 g/mol. The summed E-state index contributed by atoms with van der Waals surface area (Å²) in [5.41, 5.74) is 0.663. The van der Waals surface area contributed by atoms with Gasteiger partial charge >= 0.3 is 7.60 Å². The van der Waals surface area contributed by atoms with Gasteiger partial charge in [-0.1, -0.05) is 13.8 Å². The fourth-order valence-corrected chi connectivity index (χ4v) is 6.29. The van der Waals surface area contributed by atoms with Crippen LogP contribution in [0.3, 0.4) is 0 Å². The lowest BCUT2D eigenvalue weighted by atomic mass is 10.2. The molecule has 20 heavy (non-hydrogen) atoms. The average molecular weight is 625 g/mol. The maximum Gasteiger partial charge on any atom is 0.332 e. The molecule has 1 unspecified atom stereocenters. The highest BCUT2D eigenvalue weighted by Gasteiger charge is 2.26. The van der Waals surface area contributed by atoms with Crippen LogP contribution in [0.25, 0.3) is 0 Å². The summed E-state index contributed by atoms with van der Waals surface area (Å²) >= 11 is 17.0. The van der Waals surface area contributed by atoms with E-state index in [4.69, 9.17) is 4.52 Å². The Labute approximate surface area is 161 Å². The summed E-state index contributed by atoms with van der Waals surface area (Å²) in [5.74, 6) is 0. The molecule has 9 heteroatoms. The molecule has 0 spiro atoms. The zero-order valence-electron chi connectivity index (χ0n) is 11.0. The molecule has 0 aliphatic heterocycles. The van der Waals surface area contributed by atoms with Gasteiger partial charge in [-0.25, -0.2) is 0 Å². The van der Waals surface area contributed by atoms with Crippen LogP contribution < -0.4 is 0 Å². The van der Waals surface area contributed by atoms with Gasteiger partial charge in [0.2, 0.25) is 0 Å². The van der Waals surface area contributed by atoms with E-state index in [1.807, 2.05) is 13.8 Å². The molecule has 1 rings (SSSR count). The molecule has 1 aromatic rings. The normalized spacial score (nSPS) is 13.4. The fraction of sp³-hybridized carbons (Fsp3) is 0.455. The standard InChI is InChI=1S/C9H8Br5O3P.C2H6/c1-2-17-18(15,16)3-4-5(10)7(12)9(14)8(13)6(4)11;1-2/h2-3H2,1H3,(H,15,16);1-2H3. The lowest BCUT2D eigenvalue weighted by Gasteiger charge is -2.16. The molecular formula is C11H14Br5O3P. The van der Waals surface area contributed by atoms with Gasteiger partial charge in [-0.3, -0.25) is 4.57 Å². The molecule has 0 radical (unpaired) electrons. The summed E-state index contributed by atoms with van der Waals surface area (Å²) in [5, 5.41) is 0. The Bertz CT molecular complexity index is 492. The Morgan fingerprint density at radius 2 is 1.30 bits per heavy atom. The van der Waals surface area contributed by atoms with Crippen LogP contribution >= 0.6 is 87.2 Å². The summed E-state index contributed by atoms with van der Waals surface area (Å²) in [6, 6.07) is 0. The molecule has 0 saturated heterocycles. The molecule has 0 amide bonds. The molecule has 0 fully saturated rings. The third kappa shape index (κ3) is 5.76. The van der Waals surface area contributed by atoms with Crippen molar-refractivity contribution in [1.29, 1.82) is 0 Å². The second kappa shape index (κ2) is 9.81. The molecule has 0 aliphatic carbocycles. The van der Waals surface area contributed by atoms with E-state index in [1.165, 1.54) is 0 Å². The van der Waals surface area contributed by atoms with Crippen molar-refractivity contribution in [2.75, 3.05) is 6.61 Å². The molecule has 3 nitrogen and oxygen atoms in total. The molecule has 0 saturated carbocycles. The van der Waals surface area contributed by atoms with Gasteiger partial charge in [0.15, 0.2) is 0 Å². The minimum atomic E-state index is -3.64. The van der Waals surface area contributed by atoms with Crippen LogP contribution in [0.2, 0.25) is 0 Å². The maximum absolute atomic E-state index is 11.8. The van der Waals surface area contributed by atoms with Crippen LogP contribution in [0, 0.1) is 0 Å². The fourth-order valence-electron chi connectivity index (χ4n) is 1.24. The van der Waals surface area contributed by atoms with Crippen LogP contribution in [0.1, 0.15) is 26.3 Å². The molecule has 116 valence electrons. The van der Waals surface area contributed by atoms with Crippen molar-refractivity contribution < 1.29 is 14.0 Å². The lowest BCUT2D eigenvalue weighted by Crippen LogP contribution is -1.97. The number of halogens is 5. The van der Waals surface area contributed by atoms with Gasteiger partial charge in [-0.15, -0.1) is 0 Å². The first-order valence-corrected chi connectivity index (χ1v) is 11.4. The summed E-state index contributed by atoms with van der Waals surface area (Å²) in [6.07, 6.45) is -0.0769. The van der Waals surface area contributed by atoms with E-state index in [2.05, 4.69) is 79.6 Å². The van der Waals surface area contributed by atoms with Gasteiger partial charge in [0, 0.05) is 22.4 Å². The lowest BCUT2D eigenvalue weighted by molar-refractivity contribution is 0.272. The van der Waals surface area contributed by atoms with Crippen molar-refractivity contribution in [2.45, 2.75) is 26.9 Å². The van der Waals surface area contributed by atoms with Gasteiger partial charge in [0.05, 0.1) is 12.8 Å².